The Kier molecular flexibility index (Phi) is 4.26. The summed E-state index contributed by atoms with van der Waals surface area (Å²) in [6.07, 6.45) is 9.94. The molecule has 0 aliphatic heterocycles. The lowest BCUT2D eigenvalue weighted by Gasteiger charge is -2.00. The highest BCUT2D eigenvalue weighted by atomic mass is 15.0. The highest BCUT2D eigenvalue weighted by molar-refractivity contribution is 4.99. The molecule has 1 rings (SSSR count). The molecule has 0 saturated carbocycles. The average molecular weight is 179 g/mol. The quantitative estimate of drug-likeness (QED) is 0.693. The van der Waals surface area contributed by atoms with Crippen molar-refractivity contribution in [2.45, 2.75) is 26.3 Å². The predicted molar refractivity (Wildman–Crippen MR) is 54.4 cm³/mol. The first-order valence-corrected chi connectivity index (χ1v) is 4.73. The van der Waals surface area contributed by atoms with Crippen LogP contribution in [0.4, 0.5) is 0 Å². The molecule has 0 aromatic carbocycles. The van der Waals surface area contributed by atoms with Gasteiger partial charge in [0, 0.05) is 25.4 Å². The second kappa shape index (κ2) is 5.54. The third kappa shape index (κ3) is 3.03. The third-order valence-corrected chi connectivity index (χ3v) is 1.94. The highest BCUT2D eigenvalue weighted by Crippen LogP contribution is 1.99. The van der Waals surface area contributed by atoms with Crippen molar-refractivity contribution in [2.24, 2.45) is 5.73 Å². The van der Waals surface area contributed by atoms with E-state index in [1.807, 2.05) is 12.4 Å². The Morgan fingerprint density at radius 3 is 3.08 bits per heavy atom. The monoisotopic (exact) mass is 179 g/mol. The number of aromatic nitrogens is 2. The number of hydrogen-bond acceptors (Lipinski definition) is 2. The number of imidazole rings is 1. The smallest absolute Gasteiger partial charge is 0.112 e. The lowest BCUT2D eigenvalue weighted by molar-refractivity contribution is 0.715. The molecular formula is C10H17N3. The van der Waals surface area contributed by atoms with E-state index in [-0.39, 0.29) is 0 Å². The summed E-state index contributed by atoms with van der Waals surface area (Å²) in [6, 6.07) is 0. The van der Waals surface area contributed by atoms with Crippen LogP contribution in [0.15, 0.2) is 24.5 Å². The zero-order valence-electron chi connectivity index (χ0n) is 8.11. The van der Waals surface area contributed by atoms with E-state index in [1.165, 1.54) is 0 Å². The molecule has 0 aliphatic carbocycles. The predicted octanol–water partition coefficient (Wildman–Crippen LogP) is 1.35. The Hall–Kier alpha value is -1.09. The lowest BCUT2D eigenvalue weighted by atomic mass is 10.3. The van der Waals surface area contributed by atoms with Gasteiger partial charge in [-0.05, 0) is 19.9 Å². The molecule has 0 saturated heterocycles. The van der Waals surface area contributed by atoms with Gasteiger partial charge < -0.3 is 10.3 Å². The van der Waals surface area contributed by atoms with E-state index in [1.54, 1.807) is 0 Å². The third-order valence-electron chi connectivity index (χ3n) is 1.94. The molecular weight excluding hydrogens is 162 g/mol. The fraction of sp³-hybridized carbons (Fsp3) is 0.500. The summed E-state index contributed by atoms with van der Waals surface area (Å²) in [5, 5.41) is 0. The number of nitrogens with two attached hydrogens (primary N) is 1. The van der Waals surface area contributed by atoms with Crippen molar-refractivity contribution in [1.82, 2.24) is 9.55 Å². The minimum absolute atomic E-state index is 0.721. The zero-order chi connectivity index (χ0) is 9.52. The minimum Gasteiger partial charge on any atom is -0.335 e. The van der Waals surface area contributed by atoms with Crippen LogP contribution >= 0.6 is 0 Å². The van der Waals surface area contributed by atoms with Gasteiger partial charge in [0.25, 0.3) is 0 Å². The van der Waals surface area contributed by atoms with E-state index in [4.69, 9.17) is 5.73 Å². The maximum Gasteiger partial charge on any atom is 0.112 e. The van der Waals surface area contributed by atoms with Crippen LogP contribution in [0.3, 0.4) is 0 Å². The summed E-state index contributed by atoms with van der Waals surface area (Å²) in [4.78, 5) is 4.27. The van der Waals surface area contributed by atoms with Crippen molar-refractivity contribution in [2.75, 3.05) is 6.54 Å². The fourth-order valence-corrected chi connectivity index (χ4v) is 1.22. The second-order valence-corrected chi connectivity index (χ2v) is 2.88. The molecule has 13 heavy (non-hydrogen) atoms. The number of rotatable bonds is 5. The molecule has 2 N–H and O–H groups in total. The molecule has 1 aromatic heterocycles. The van der Waals surface area contributed by atoms with Crippen LogP contribution in [-0.2, 0) is 13.0 Å². The van der Waals surface area contributed by atoms with Crippen LogP contribution in [0.1, 0.15) is 19.2 Å². The van der Waals surface area contributed by atoms with Crippen molar-refractivity contribution in [3.05, 3.63) is 30.4 Å². The first-order valence-electron chi connectivity index (χ1n) is 4.73. The summed E-state index contributed by atoms with van der Waals surface area (Å²) in [5.41, 5.74) is 5.37. The molecule has 1 heterocycles. The summed E-state index contributed by atoms with van der Waals surface area (Å²) in [7, 11) is 0. The van der Waals surface area contributed by atoms with Gasteiger partial charge in [-0.15, -0.1) is 0 Å². The standard InChI is InChI=1S/C10H17N3/c1-2-13-9-8-12-10(13)6-4-3-5-7-11/h3-4,8-9H,2,5-7,11H2,1H3. The van der Waals surface area contributed by atoms with Crippen LogP contribution in [0.25, 0.3) is 0 Å². The number of allylic oxidation sites excluding steroid dienone is 1. The van der Waals surface area contributed by atoms with Crippen molar-refractivity contribution in [3.63, 3.8) is 0 Å². The summed E-state index contributed by atoms with van der Waals surface area (Å²) < 4.78 is 2.15. The van der Waals surface area contributed by atoms with E-state index >= 15 is 0 Å². The normalized spacial score (nSPS) is 11.2. The Balaban J connectivity index is 2.44. The molecule has 0 unspecified atom stereocenters. The van der Waals surface area contributed by atoms with Gasteiger partial charge >= 0.3 is 0 Å². The largest absolute Gasteiger partial charge is 0.335 e. The molecule has 72 valence electrons. The fourth-order valence-electron chi connectivity index (χ4n) is 1.22. The maximum atomic E-state index is 5.37. The Morgan fingerprint density at radius 1 is 1.54 bits per heavy atom. The van der Waals surface area contributed by atoms with Crippen molar-refractivity contribution < 1.29 is 0 Å². The van der Waals surface area contributed by atoms with Gasteiger partial charge in [-0.1, -0.05) is 12.2 Å². The number of nitrogens with zero attached hydrogens (tertiary/aromatic N) is 2. The second-order valence-electron chi connectivity index (χ2n) is 2.88. The van der Waals surface area contributed by atoms with Crippen LogP contribution in [-0.4, -0.2) is 16.1 Å². The van der Waals surface area contributed by atoms with Crippen LogP contribution < -0.4 is 5.73 Å². The molecule has 3 nitrogen and oxygen atoms in total. The maximum absolute atomic E-state index is 5.37. The summed E-state index contributed by atoms with van der Waals surface area (Å²) >= 11 is 0. The lowest BCUT2D eigenvalue weighted by Crippen LogP contribution is -1.99. The molecule has 0 aliphatic rings. The molecule has 0 amide bonds. The van der Waals surface area contributed by atoms with E-state index < -0.39 is 0 Å². The van der Waals surface area contributed by atoms with Gasteiger partial charge in [0.2, 0.25) is 0 Å². The molecule has 3 heteroatoms. The van der Waals surface area contributed by atoms with Gasteiger partial charge in [0.1, 0.15) is 5.82 Å². The van der Waals surface area contributed by atoms with Crippen LogP contribution in [0, 0.1) is 0 Å². The molecule has 1 aromatic rings. The average Bonchev–Trinajstić information content (AvgIpc) is 2.60. The SMILES string of the molecule is CCn1ccnc1CC=CCCN. The van der Waals surface area contributed by atoms with Crippen molar-refractivity contribution in [3.8, 4) is 0 Å². The van der Waals surface area contributed by atoms with Crippen LogP contribution in [0.5, 0.6) is 0 Å². The Morgan fingerprint density at radius 2 is 2.38 bits per heavy atom. The topological polar surface area (TPSA) is 43.8 Å². The number of aryl methyl sites for hydroxylation is 1. The first-order chi connectivity index (χ1) is 6.38. The van der Waals surface area contributed by atoms with E-state index in [2.05, 4.69) is 28.6 Å². The highest BCUT2D eigenvalue weighted by Gasteiger charge is 1.96. The number of hydrogen-bond donors (Lipinski definition) is 1. The van der Waals surface area contributed by atoms with Crippen molar-refractivity contribution in [1.29, 1.82) is 0 Å². The van der Waals surface area contributed by atoms with Gasteiger partial charge in [-0.2, -0.15) is 0 Å². The van der Waals surface area contributed by atoms with Gasteiger partial charge in [0.05, 0.1) is 0 Å². The summed E-state index contributed by atoms with van der Waals surface area (Å²) in [5.74, 6) is 1.12. The molecule has 0 radical (unpaired) electrons. The summed E-state index contributed by atoms with van der Waals surface area (Å²) in [6.45, 7) is 3.83. The zero-order valence-corrected chi connectivity index (χ0v) is 8.11. The first kappa shape index (κ1) is 9.99. The van der Waals surface area contributed by atoms with Crippen molar-refractivity contribution >= 4 is 0 Å². The molecule has 0 bridgehead atoms. The molecule has 0 atom stereocenters. The minimum atomic E-state index is 0.721. The van der Waals surface area contributed by atoms with Gasteiger partial charge in [0.15, 0.2) is 0 Å². The van der Waals surface area contributed by atoms with Gasteiger partial charge in [-0.3, -0.25) is 0 Å². The molecule has 0 spiro atoms. The van der Waals surface area contributed by atoms with E-state index in [0.29, 0.717) is 0 Å². The van der Waals surface area contributed by atoms with Gasteiger partial charge in [-0.25, -0.2) is 4.98 Å². The molecule has 0 fully saturated rings. The van der Waals surface area contributed by atoms with E-state index in [0.717, 1.165) is 31.8 Å². The van der Waals surface area contributed by atoms with E-state index in [9.17, 15) is 0 Å². The Bertz CT molecular complexity index is 263. The Labute approximate surface area is 79.3 Å². The van der Waals surface area contributed by atoms with Crippen LogP contribution in [0.2, 0.25) is 0 Å².